The molecule has 0 fully saturated rings. The fourth-order valence-electron chi connectivity index (χ4n) is 1.61. The second kappa shape index (κ2) is 9.37. The molecule has 0 saturated heterocycles. The van der Waals surface area contributed by atoms with E-state index in [0.29, 0.717) is 36.5 Å². The topological polar surface area (TPSA) is 70.2 Å². The van der Waals surface area contributed by atoms with E-state index >= 15 is 0 Å². The maximum Gasteiger partial charge on any atom is 0.251 e. The van der Waals surface area contributed by atoms with Crippen LogP contribution in [0.1, 0.15) is 30.1 Å². The Morgan fingerprint density at radius 3 is 2.48 bits per heavy atom. The summed E-state index contributed by atoms with van der Waals surface area (Å²) >= 11 is 5.76. The number of hydrogen-bond acceptors (Lipinski definition) is 3. The molecule has 0 spiro atoms. The lowest BCUT2D eigenvalue weighted by Crippen LogP contribution is -2.37. The van der Waals surface area contributed by atoms with Crippen LogP contribution in [-0.4, -0.2) is 38.0 Å². The smallest absolute Gasteiger partial charge is 0.251 e. The maximum atomic E-state index is 11.8. The van der Waals surface area contributed by atoms with Gasteiger partial charge < -0.3 is 16.0 Å². The minimum Gasteiger partial charge on any atom is -0.355 e. The van der Waals surface area contributed by atoms with Crippen molar-refractivity contribution < 1.29 is 9.59 Å². The summed E-state index contributed by atoms with van der Waals surface area (Å²) < 4.78 is 0. The zero-order chi connectivity index (χ0) is 15.7. The van der Waals surface area contributed by atoms with Crippen LogP contribution in [0.15, 0.2) is 24.3 Å². The van der Waals surface area contributed by atoms with Gasteiger partial charge in [-0.1, -0.05) is 11.6 Å². The largest absolute Gasteiger partial charge is 0.355 e. The zero-order valence-corrected chi connectivity index (χ0v) is 13.2. The van der Waals surface area contributed by atoms with Gasteiger partial charge in [0.2, 0.25) is 5.91 Å². The fraction of sp³-hybridized carbons (Fsp3) is 0.467. The molecule has 0 heterocycles. The Morgan fingerprint density at radius 1 is 1.19 bits per heavy atom. The summed E-state index contributed by atoms with van der Waals surface area (Å²) in [6.45, 7) is 3.07. The number of halogens is 1. The highest BCUT2D eigenvalue weighted by Gasteiger charge is 2.06. The van der Waals surface area contributed by atoms with E-state index in [-0.39, 0.29) is 17.9 Å². The molecule has 3 N–H and O–H groups in total. The van der Waals surface area contributed by atoms with Crippen LogP contribution in [-0.2, 0) is 4.79 Å². The third-order valence-electron chi connectivity index (χ3n) is 3.07. The summed E-state index contributed by atoms with van der Waals surface area (Å²) in [6, 6.07) is 6.94. The molecule has 1 aromatic rings. The predicted octanol–water partition coefficient (Wildman–Crippen LogP) is 1.57. The van der Waals surface area contributed by atoms with Gasteiger partial charge in [0.25, 0.3) is 5.91 Å². The van der Waals surface area contributed by atoms with E-state index in [0.717, 1.165) is 0 Å². The molecule has 21 heavy (non-hydrogen) atoms. The molecule has 1 rings (SSSR count). The van der Waals surface area contributed by atoms with Crippen molar-refractivity contribution in [3.63, 3.8) is 0 Å². The molecular formula is C15H22ClN3O2. The Labute approximate surface area is 130 Å². The van der Waals surface area contributed by atoms with Crippen LogP contribution in [0, 0.1) is 0 Å². The summed E-state index contributed by atoms with van der Waals surface area (Å²) in [4.78, 5) is 23.3. The summed E-state index contributed by atoms with van der Waals surface area (Å²) in [7, 11) is 1.85. The van der Waals surface area contributed by atoms with Gasteiger partial charge in [0.15, 0.2) is 0 Å². The predicted molar refractivity (Wildman–Crippen MR) is 84.6 cm³/mol. The fourth-order valence-corrected chi connectivity index (χ4v) is 1.74. The van der Waals surface area contributed by atoms with Crippen LogP contribution < -0.4 is 16.0 Å². The van der Waals surface area contributed by atoms with Crippen LogP contribution in [0.4, 0.5) is 0 Å². The van der Waals surface area contributed by atoms with Gasteiger partial charge in [-0.05, 0) is 44.7 Å². The van der Waals surface area contributed by atoms with Gasteiger partial charge in [-0.25, -0.2) is 0 Å². The van der Waals surface area contributed by atoms with E-state index in [1.54, 1.807) is 24.3 Å². The SMILES string of the molecule is CNC(C)CNC(=O)CCCNC(=O)c1ccc(Cl)cc1. The van der Waals surface area contributed by atoms with E-state index in [1.807, 2.05) is 14.0 Å². The first kappa shape index (κ1) is 17.5. The van der Waals surface area contributed by atoms with Crippen molar-refractivity contribution in [2.75, 3.05) is 20.1 Å². The summed E-state index contributed by atoms with van der Waals surface area (Å²) in [5, 5.41) is 9.25. The molecule has 2 amide bonds. The van der Waals surface area contributed by atoms with E-state index in [2.05, 4.69) is 16.0 Å². The number of carbonyl (C=O) groups is 2. The van der Waals surface area contributed by atoms with Crippen LogP contribution in [0.2, 0.25) is 5.02 Å². The molecule has 0 aliphatic carbocycles. The molecule has 5 nitrogen and oxygen atoms in total. The van der Waals surface area contributed by atoms with Gasteiger partial charge in [0.1, 0.15) is 0 Å². The van der Waals surface area contributed by atoms with E-state index in [1.165, 1.54) is 0 Å². The Morgan fingerprint density at radius 2 is 1.86 bits per heavy atom. The number of rotatable bonds is 8. The van der Waals surface area contributed by atoms with Gasteiger partial charge in [-0.15, -0.1) is 0 Å². The Hall–Kier alpha value is -1.59. The molecule has 0 radical (unpaired) electrons. The third kappa shape index (κ3) is 7.11. The molecule has 116 valence electrons. The molecule has 1 atom stereocenters. The average molecular weight is 312 g/mol. The first-order valence-corrected chi connectivity index (χ1v) is 7.38. The highest BCUT2D eigenvalue weighted by atomic mass is 35.5. The zero-order valence-electron chi connectivity index (χ0n) is 12.4. The van der Waals surface area contributed by atoms with Crippen molar-refractivity contribution in [2.24, 2.45) is 0 Å². The van der Waals surface area contributed by atoms with Crippen LogP contribution >= 0.6 is 11.6 Å². The molecule has 0 aliphatic rings. The van der Waals surface area contributed by atoms with Gasteiger partial charge in [0.05, 0.1) is 0 Å². The van der Waals surface area contributed by atoms with Gasteiger partial charge in [0, 0.05) is 36.1 Å². The quantitative estimate of drug-likeness (QED) is 0.638. The van der Waals surface area contributed by atoms with Crippen molar-refractivity contribution in [3.8, 4) is 0 Å². The van der Waals surface area contributed by atoms with Crippen molar-refractivity contribution in [1.82, 2.24) is 16.0 Å². The third-order valence-corrected chi connectivity index (χ3v) is 3.32. The van der Waals surface area contributed by atoms with Crippen molar-refractivity contribution in [2.45, 2.75) is 25.8 Å². The van der Waals surface area contributed by atoms with Crippen molar-refractivity contribution in [3.05, 3.63) is 34.9 Å². The minimum absolute atomic E-state index is 0.00200. The number of benzene rings is 1. The Kier molecular flexibility index (Phi) is 7.79. The summed E-state index contributed by atoms with van der Waals surface area (Å²) in [6.07, 6.45) is 1.01. The summed E-state index contributed by atoms with van der Waals surface area (Å²) in [5.41, 5.74) is 0.562. The highest BCUT2D eigenvalue weighted by molar-refractivity contribution is 6.30. The molecule has 1 aromatic carbocycles. The Bertz CT molecular complexity index is 462. The van der Waals surface area contributed by atoms with Gasteiger partial charge in [-0.3, -0.25) is 9.59 Å². The lowest BCUT2D eigenvalue weighted by atomic mass is 10.2. The second-order valence-electron chi connectivity index (χ2n) is 4.86. The van der Waals surface area contributed by atoms with Crippen LogP contribution in [0.25, 0.3) is 0 Å². The Balaban J connectivity index is 2.17. The number of amides is 2. The number of carbonyl (C=O) groups excluding carboxylic acids is 2. The molecule has 0 bridgehead atoms. The lowest BCUT2D eigenvalue weighted by molar-refractivity contribution is -0.121. The second-order valence-corrected chi connectivity index (χ2v) is 5.30. The molecule has 0 saturated carbocycles. The molecule has 0 aliphatic heterocycles. The van der Waals surface area contributed by atoms with E-state index < -0.39 is 0 Å². The van der Waals surface area contributed by atoms with Crippen LogP contribution in [0.5, 0.6) is 0 Å². The first-order valence-electron chi connectivity index (χ1n) is 7.00. The van der Waals surface area contributed by atoms with Crippen molar-refractivity contribution >= 4 is 23.4 Å². The van der Waals surface area contributed by atoms with E-state index in [4.69, 9.17) is 11.6 Å². The molecule has 1 unspecified atom stereocenters. The monoisotopic (exact) mass is 311 g/mol. The first-order chi connectivity index (χ1) is 10.0. The normalized spacial score (nSPS) is 11.8. The highest BCUT2D eigenvalue weighted by Crippen LogP contribution is 2.09. The van der Waals surface area contributed by atoms with Gasteiger partial charge >= 0.3 is 0 Å². The van der Waals surface area contributed by atoms with Crippen LogP contribution in [0.3, 0.4) is 0 Å². The van der Waals surface area contributed by atoms with Gasteiger partial charge in [-0.2, -0.15) is 0 Å². The average Bonchev–Trinajstić information content (AvgIpc) is 2.49. The number of likely N-dealkylation sites (N-methyl/N-ethyl adjacent to an activating group) is 1. The van der Waals surface area contributed by atoms with E-state index in [9.17, 15) is 9.59 Å². The lowest BCUT2D eigenvalue weighted by Gasteiger charge is -2.11. The number of nitrogens with one attached hydrogen (secondary N) is 3. The molecular weight excluding hydrogens is 290 g/mol. The maximum absolute atomic E-state index is 11.8. The summed E-state index contributed by atoms with van der Waals surface area (Å²) in [5.74, 6) is -0.159. The molecule has 6 heteroatoms. The number of hydrogen-bond donors (Lipinski definition) is 3. The van der Waals surface area contributed by atoms with Crippen molar-refractivity contribution in [1.29, 1.82) is 0 Å². The standard InChI is InChI=1S/C15H22ClN3O2/c1-11(17-2)10-19-14(20)4-3-9-18-15(21)12-5-7-13(16)8-6-12/h5-8,11,17H,3-4,9-10H2,1-2H3,(H,18,21)(H,19,20). The minimum atomic E-state index is -0.157. The molecule has 0 aromatic heterocycles.